The molecule has 3 aromatic rings. The lowest BCUT2D eigenvalue weighted by Gasteiger charge is -2.37. The summed E-state index contributed by atoms with van der Waals surface area (Å²) in [6.07, 6.45) is 5.49. The summed E-state index contributed by atoms with van der Waals surface area (Å²) in [5.74, 6) is 0.892. The van der Waals surface area contributed by atoms with Crippen LogP contribution in [0.2, 0.25) is 0 Å². The largest absolute Gasteiger partial charge is 0.341 e. The quantitative estimate of drug-likeness (QED) is 0.688. The number of rotatable bonds is 4. The molecule has 0 amide bonds. The SMILES string of the molecule is c1ccc([C@H]2c3ccccc3CCN2Cc2ccnc(N3CCCC3)n2)cc1. The highest BCUT2D eigenvalue weighted by atomic mass is 15.3. The van der Waals surface area contributed by atoms with Crippen molar-refractivity contribution >= 4 is 5.95 Å². The van der Waals surface area contributed by atoms with Crippen molar-refractivity contribution in [2.75, 3.05) is 24.5 Å². The van der Waals surface area contributed by atoms with Gasteiger partial charge in [0.15, 0.2) is 0 Å². The fraction of sp³-hybridized carbons (Fsp3) is 0.333. The second-order valence-electron chi connectivity index (χ2n) is 7.77. The molecule has 3 heterocycles. The zero-order chi connectivity index (χ0) is 18.8. The van der Waals surface area contributed by atoms with Crippen LogP contribution in [0.3, 0.4) is 0 Å². The van der Waals surface area contributed by atoms with Crippen LogP contribution < -0.4 is 4.90 Å². The first-order chi connectivity index (χ1) is 13.9. The Hall–Kier alpha value is -2.72. The minimum atomic E-state index is 0.274. The summed E-state index contributed by atoms with van der Waals surface area (Å²) in [4.78, 5) is 14.3. The normalized spacial score (nSPS) is 19.6. The topological polar surface area (TPSA) is 32.3 Å². The molecule has 0 N–H and O–H groups in total. The van der Waals surface area contributed by atoms with Gasteiger partial charge in [0.25, 0.3) is 0 Å². The van der Waals surface area contributed by atoms with Crippen molar-refractivity contribution in [1.29, 1.82) is 0 Å². The van der Waals surface area contributed by atoms with Gasteiger partial charge in [-0.2, -0.15) is 0 Å². The number of hydrogen-bond acceptors (Lipinski definition) is 4. The monoisotopic (exact) mass is 370 g/mol. The highest BCUT2D eigenvalue weighted by Gasteiger charge is 2.29. The van der Waals surface area contributed by atoms with Gasteiger partial charge in [0.2, 0.25) is 5.95 Å². The molecule has 142 valence electrons. The van der Waals surface area contributed by atoms with Gasteiger partial charge >= 0.3 is 0 Å². The van der Waals surface area contributed by atoms with E-state index in [9.17, 15) is 0 Å². The van der Waals surface area contributed by atoms with Gasteiger partial charge in [-0.3, -0.25) is 4.90 Å². The summed E-state index contributed by atoms with van der Waals surface area (Å²) in [5, 5.41) is 0. The molecule has 5 rings (SSSR count). The molecule has 2 aliphatic rings. The van der Waals surface area contributed by atoms with E-state index >= 15 is 0 Å². The van der Waals surface area contributed by atoms with E-state index < -0.39 is 0 Å². The number of nitrogens with zero attached hydrogens (tertiary/aromatic N) is 4. The maximum atomic E-state index is 4.91. The van der Waals surface area contributed by atoms with Crippen molar-refractivity contribution < 1.29 is 0 Å². The molecule has 0 saturated carbocycles. The van der Waals surface area contributed by atoms with Crippen LogP contribution in [-0.2, 0) is 13.0 Å². The van der Waals surface area contributed by atoms with E-state index in [0.717, 1.165) is 44.2 Å². The Balaban J connectivity index is 1.46. The zero-order valence-electron chi connectivity index (χ0n) is 16.2. The lowest BCUT2D eigenvalue weighted by molar-refractivity contribution is 0.202. The van der Waals surface area contributed by atoms with Crippen molar-refractivity contribution in [1.82, 2.24) is 14.9 Å². The Morgan fingerprint density at radius 2 is 1.64 bits per heavy atom. The Labute approximate surface area is 166 Å². The van der Waals surface area contributed by atoms with Gasteiger partial charge in [-0.05, 0) is 42.0 Å². The standard InChI is InChI=1S/C24H26N4/c1-2-9-20(10-3-1)23-22-11-5-4-8-19(22)13-17-28(23)18-21-12-14-25-24(26-21)27-15-6-7-16-27/h1-5,8-12,14,23H,6-7,13,15-18H2/t23-/m0/s1. The number of aromatic nitrogens is 2. The second kappa shape index (κ2) is 7.72. The van der Waals surface area contributed by atoms with Crippen LogP contribution in [0, 0.1) is 0 Å². The lowest BCUT2D eigenvalue weighted by Crippen LogP contribution is -2.36. The Morgan fingerprint density at radius 3 is 2.50 bits per heavy atom. The van der Waals surface area contributed by atoms with Gasteiger partial charge in [-0.25, -0.2) is 9.97 Å². The van der Waals surface area contributed by atoms with Crippen LogP contribution in [0.4, 0.5) is 5.95 Å². The fourth-order valence-corrected chi connectivity index (χ4v) is 4.56. The minimum absolute atomic E-state index is 0.274. The predicted octanol–water partition coefficient (Wildman–Crippen LogP) is 4.22. The first-order valence-corrected chi connectivity index (χ1v) is 10.3. The maximum absolute atomic E-state index is 4.91. The van der Waals surface area contributed by atoms with E-state index in [2.05, 4.69) is 75.4 Å². The average molecular weight is 371 g/mol. The third-order valence-corrected chi connectivity index (χ3v) is 5.95. The van der Waals surface area contributed by atoms with Crippen molar-refractivity contribution in [3.05, 3.63) is 89.2 Å². The number of fused-ring (bicyclic) bond motifs is 1. The summed E-state index contributed by atoms with van der Waals surface area (Å²) in [7, 11) is 0. The Bertz CT molecular complexity index is 934. The molecule has 2 aliphatic heterocycles. The maximum Gasteiger partial charge on any atom is 0.225 e. The van der Waals surface area contributed by atoms with Crippen LogP contribution in [-0.4, -0.2) is 34.5 Å². The fourth-order valence-electron chi connectivity index (χ4n) is 4.56. The second-order valence-corrected chi connectivity index (χ2v) is 7.77. The molecule has 28 heavy (non-hydrogen) atoms. The molecule has 4 nitrogen and oxygen atoms in total. The van der Waals surface area contributed by atoms with Gasteiger partial charge in [0, 0.05) is 32.4 Å². The van der Waals surface area contributed by atoms with E-state index in [1.807, 2.05) is 6.20 Å². The summed E-state index contributed by atoms with van der Waals surface area (Å²) < 4.78 is 0. The Morgan fingerprint density at radius 1 is 0.857 bits per heavy atom. The Kier molecular flexibility index (Phi) is 4.79. The zero-order valence-corrected chi connectivity index (χ0v) is 16.2. The lowest BCUT2D eigenvalue weighted by atomic mass is 9.88. The molecule has 1 saturated heterocycles. The average Bonchev–Trinajstić information content (AvgIpc) is 3.29. The summed E-state index contributed by atoms with van der Waals surface area (Å²) in [6.45, 7) is 4.04. The van der Waals surface area contributed by atoms with Crippen LogP contribution in [0.5, 0.6) is 0 Å². The van der Waals surface area contributed by atoms with E-state index in [4.69, 9.17) is 4.98 Å². The van der Waals surface area contributed by atoms with Crippen LogP contribution >= 0.6 is 0 Å². The van der Waals surface area contributed by atoms with Crippen molar-refractivity contribution in [2.45, 2.75) is 31.8 Å². The molecule has 0 aliphatic carbocycles. The third-order valence-electron chi connectivity index (χ3n) is 5.95. The molecular formula is C24H26N4. The summed E-state index contributed by atoms with van der Waals surface area (Å²) in [5.41, 5.74) is 5.35. The molecule has 0 radical (unpaired) electrons. The van der Waals surface area contributed by atoms with Gasteiger partial charge < -0.3 is 4.90 Å². The van der Waals surface area contributed by atoms with Crippen molar-refractivity contribution in [2.24, 2.45) is 0 Å². The predicted molar refractivity (Wildman–Crippen MR) is 112 cm³/mol. The molecule has 4 heteroatoms. The molecule has 0 bridgehead atoms. The molecule has 0 spiro atoms. The molecule has 0 unspecified atom stereocenters. The van der Waals surface area contributed by atoms with Crippen molar-refractivity contribution in [3.63, 3.8) is 0 Å². The van der Waals surface area contributed by atoms with Crippen LogP contribution in [0.1, 0.15) is 41.3 Å². The van der Waals surface area contributed by atoms with Gasteiger partial charge in [-0.15, -0.1) is 0 Å². The number of anilines is 1. The van der Waals surface area contributed by atoms with Gasteiger partial charge in [-0.1, -0.05) is 54.6 Å². The van der Waals surface area contributed by atoms with E-state index in [0.29, 0.717) is 0 Å². The first kappa shape index (κ1) is 17.4. The van der Waals surface area contributed by atoms with Crippen molar-refractivity contribution in [3.8, 4) is 0 Å². The molecular weight excluding hydrogens is 344 g/mol. The minimum Gasteiger partial charge on any atom is -0.341 e. The van der Waals surface area contributed by atoms with E-state index in [1.165, 1.54) is 29.5 Å². The molecule has 1 aromatic heterocycles. The smallest absolute Gasteiger partial charge is 0.225 e. The molecule has 2 aromatic carbocycles. The highest BCUT2D eigenvalue weighted by molar-refractivity contribution is 5.40. The molecule has 1 fully saturated rings. The number of hydrogen-bond donors (Lipinski definition) is 0. The van der Waals surface area contributed by atoms with Crippen LogP contribution in [0.25, 0.3) is 0 Å². The third kappa shape index (κ3) is 3.40. The van der Waals surface area contributed by atoms with E-state index in [1.54, 1.807) is 0 Å². The number of benzene rings is 2. The highest BCUT2D eigenvalue weighted by Crippen LogP contribution is 2.35. The van der Waals surface area contributed by atoms with Crippen LogP contribution in [0.15, 0.2) is 66.9 Å². The summed E-state index contributed by atoms with van der Waals surface area (Å²) in [6, 6.07) is 22.1. The molecule has 1 atom stereocenters. The first-order valence-electron chi connectivity index (χ1n) is 10.3. The van der Waals surface area contributed by atoms with E-state index in [-0.39, 0.29) is 6.04 Å². The summed E-state index contributed by atoms with van der Waals surface area (Å²) >= 11 is 0. The van der Waals surface area contributed by atoms with Gasteiger partial charge in [0.05, 0.1) is 11.7 Å². The van der Waals surface area contributed by atoms with Gasteiger partial charge in [0.1, 0.15) is 0 Å².